The van der Waals surface area contributed by atoms with Crippen molar-refractivity contribution in [2.45, 2.75) is 65.2 Å². The quantitative estimate of drug-likeness (QED) is 0.321. The molecule has 1 amide bonds. The number of aliphatic carboxylic acids is 1. The summed E-state index contributed by atoms with van der Waals surface area (Å²) in [6, 6.07) is 14.8. The van der Waals surface area contributed by atoms with E-state index in [4.69, 9.17) is 19.2 Å². The monoisotopic (exact) mass is 631 g/mol. The van der Waals surface area contributed by atoms with Gasteiger partial charge in [-0.1, -0.05) is 24.3 Å². The van der Waals surface area contributed by atoms with Gasteiger partial charge in [-0.05, 0) is 99.4 Å². The molecule has 1 aromatic heterocycles. The van der Waals surface area contributed by atoms with E-state index in [1.54, 1.807) is 12.0 Å². The number of anilines is 1. The molecule has 9 nitrogen and oxygen atoms in total. The van der Waals surface area contributed by atoms with Gasteiger partial charge >= 0.3 is 12.1 Å². The number of aryl methyl sites for hydroxylation is 1. The Morgan fingerprint density at radius 2 is 1.87 bits per heavy atom. The molecule has 1 saturated heterocycles. The fourth-order valence-electron chi connectivity index (χ4n) is 7.08. The number of para-hydroxylation sites is 1. The fourth-order valence-corrected chi connectivity index (χ4v) is 7.08. The van der Waals surface area contributed by atoms with Crippen LogP contribution in [0.4, 0.5) is 15.0 Å². The minimum absolute atomic E-state index is 0.0789. The van der Waals surface area contributed by atoms with Gasteiger partial charge in [0.15, 0.2) is 0 Å². The van der Waals surface area contributed by atoms with Gasteiger partial charge in [0.05, 0.1) is 23.8 Å². The SMILES string of the molecule is COC[C@H]1N(c2cccc(-c3cccc(C)c3OCc3cc(F)c4c(c3)CCN(C(=O)OC(C)(C)C)CC4)n2)CC2C[C@@]21C(=O)O. The summed E-state index contributed by atoms with van der Waals surface area (Å²) >= 11 is 0. The average Bonchev–Trinajstić information content (AvgIpc) is 3.70. The third kappa shape index (κ3) is 6.02. The number of nitrogens with zero attached hydrogens (tertiary/aromatic N) is 3. The van der Waals surface area contributed by atoms with Crippen molar-refractivity contribution in [2.24, 2.45) is 11.3 Å². The molecule has 1 unspecified atom stereocenters. The molecule has 3 heterocycles. The molecule has 1 saturated carbocycles. The van der Waals surface area contributed by atoms with Crippen LogP contribution in [0.25, 0.3) is 11.3 Å². The van der Waals surface area contributed by atoms with Crippen molar-refractivity contribution >= 4 is 17.9 Å². The van der Waals surface area contributed by atoms with Crippen LogP contribution in [-0.4, -0.2) is 72.0 Å². The van der Waals surface area contributed by atoms with Crippen molar-refractivity contribution in [1.82, 2.24) is 9.88 Å². The molecule has 3 aromatic rings. The van der Waals surface area contributed by atoms with E-state index in [0.29, 0.717) is 73.9 Å². The zero-order valence-corrected chi connectivity index (χ0v) is 27.1. The molecule has 46 heavy (non-hydrogen) atoms. The van der Waals surface area contributed by atoms with Gasteiger partial charge in [0.1, 0.15) is 29.6 Å². The number of carbonyl (C=O) groups excluding carboxylic acids is 1. The van der Waals surface area contributed by atoms with Crippen molar-refractivity contribution in [3.05, 3.63) is 76.6 Å². The Morgan fingerprint density at radius 1 is 1.11 bits per heavy atom. The van der Waals surface area contributed by atoms with E-state index in [9.17, 15) is 14.7 Å². The molecular weight excluding hydrogens is 589 g/mol. The summed E-state index contributed by atoms with van der Waals surface area (Å²) < 4.78 is 32.8. The first-order valence-electron chi connectivity index (χ1n) is 15.9. The zero-order valence-electron chi connectivity index (χ0n) is 27.1. The van der Waals surface area contributed by atoms with Crippen LogP contribution in [-0.2, 0) is 33.7 Å². The molecule has 2 aromatic carbocycles. The lowest BCUT2D eigenvalue weighted by molar-refractivity contribution is -0.144. The van der Waals surface area contributed by atoms with Gasteiger partial charge in [0.25, 0.3) is 0 Å². The molecule has 1 aliphatic carbocycles. The third-order valence-corrected chi connectivity index (χ3v) is 9.44. The number of benzene rings is 2. The van der Waals surface area contributed by atoms with Crippen LogP contribution in [0.1, 0.15) is 49.4 Å². The molecule has 244 valence electrons. The Balaban J connectivity index is 1.21. The molecule has 3 aliphatic rings. The number of ether oxygens (including phenoxy) is 3. The summed E-state index contributed by atoms with van der Waals surface area (Å²) in [5.74, 6) is 0.360. The molecule has 3 atom stereocenters. The summed E-state index contributed by atoms with van der Waals surface area (Å²) in [5.41, 5.74) is 3.23. The number of aromatic nitrogens is 1. The Kier molecular flexibility index (Phi) is 8.43. The average molecular weight is 632 g/mol. The number of amides is 1. The molecule has 0 radical (unpaired) electrons. The van der Waals surface area contributed by atoms with Crippen molar-refractivity contribution in [2.75, 3.05) is 38.3 Å². The smallest absolute Gasteiger partial charge is 0.410 e. The maximum Gasteiger partial charge on any atom is 0.410 e. The molecule has 10 heteroatoms. The van der Waals surface area contributed by atoms with Crippen LogP contribution in [0.5, 0.6) is 5.75 Å². The van der Waals surface area contributed by atoms with E-state index in [1.807, 2.05) is 70.2 Å². The van der Waals surface area contributed by atoms with E-state index >= 15 is 4.39 Å². The standard InChI is InChI=1S/C36H42FN3O6/c1-22-8-6-9-27(29-10-7-11-31(38-29)40-19-25-18-36(25,33(41)42)30(40)21-44-5)32(22)45-20-23-16-24-12-14-39(34(43)46-35(2,3)4)15-13-26(24)28(37)17-23/h6-11,16-17,25,30H,12-15,18-21H2,1-5H3,(H,41,42)/t25?,30-,36-/m1/s1. The number of fused-ring (bicyclic) bond motifs is 2. The maximum atomic E-state index is 15.4. The highest BCUT2D eigenvalue weighted by atomic mass is 19.1. The Morgan fingerprint density at radius 3 is 2.61 bits per heavy atom. The summed E-state index contributed by atoms with van der Waals surface area (Å²) in [6.07, 6.45) is 1.22. The predicted octanol–water partition coefficient (Wildman–Crippen LogP) is 6.04. The van der Waals surface area contributed by atoms with Gasteiger partial charge in [-0.15, -0.1) is 0 Å². The first kappa shape index (κ1) is 31.8. The minimum Gasteiger partial charge on any atom is -0.488 e. The van der Waals surface area contributed by atoms with Gasteiger partial charge in [-0.3, -0.25) is 4.79 Å². The second-order valence-corrected chi connectivity index (χ2v) is 13.7. The number of halogens is 1. The first-order chi connectivity index (χ1) is 21.9. The summed E-state index contributed by atoms with van der Waals surface area (Å²) in [4.78, 5) is 33.6. The number of carbonyl (C=O) groups is 2. The molecule has 1 N–H and O–H groups in total. The molecule has 0 spiro atoms. The van der Waals surface area contributed by atoms with Crippen molar-refractivity contribution in [1.29, 1.82) is 0 Å². The lowest BCUT2D eigenvalue weighted by Gasteiger charge is -2.31. The van der Waals surface area contributed by atoms with Gasteiger partial charge in [0.2, 0.25) is 0 Å². The highest BCUT2D eigenvalue weighted by Crippen LogP contribution is 2.62. The van der Waals surface area contributed by atoms with E-state index in [0.717, 1.165) is 16.7 Å². The van der Waals surface area contributed by atoms with E-state index < -0.39 is 17.0 Å². The van der Waals surface area contributed by atoms with E-state index in [2.05, 4.69) is 4.90 Å². The lowest BCUT2D eigenvalue weighted by atomic mass is 9.97. The van der Waals surface area contributed by atoms with Crippen molar-refractivity contribution in [3.8, 4) is 17.0 Å². The summed E-state index contributed by atoms with van der Waals surface area (Å²) in [5, 5.41) is 10.0. The van der Waals surface area contributed by atoms with Gasteiger partial charge in [-0.2, -0.15) is 0 Å². The van der Waals surface area contributed by atoms with Crippen LogP contribution in [0, 0.1) is 24.1 Å². The van der Waals surface area contributed by atoms with Crippen LogP contribution in [0.15, 0.2) is 48.5 Å². The second kappa shape index (κ2) is 12.2. The van der Waals surface area contributed by atoms with E-state index in [-0.39, 0.29) is 30.5 Å². The number of hydrogen-bond donors (Lipinski definition) is 1. The van der Waals surface area contributed by atoms with Crippen LogP contribution in [0.3, 0.4) is 0 Å². The maximum absolute atomic E-state index is 15.4. The second-order valence-electron chi connectivity index (χ2n) is 13.7. The van der Waals surface area contributed by atoms with Gasteiger partial charge in [0, 0.05) is 32.3 Å². The van der Waals surface area contributed by atoms with Crippen LogP contribution in [0.2, 0.25) is 0 Å². The molecule has 6 rings (SSSR count). The van der Waals surface area contributed by atoms with Crippen molar-refractivity contribution in [3.63, 3.8) is 0 Å². The van der Waals surface area contributed by atoms with Crippen LogP contribution < -0.4 is 9.64 Å². The third-order valence-electron chi connectivity index (χ3n) is 9.44. The lowest BCUT2D eigenvalue weighted by Crippen LogP contribution is -2.43. The normalized spacial score (nSPS) is 22.1. The topological polar surface area (TPSA) is 101 Å². The number of rotatable bonds is 8. The highest BCUT2D eigenvalue weighted by molar-refractivity contribution is 5.82. The highest BCUT2D eigenvalue weighted by Gasteiger charge is 2.71. The Hall–Kier alpha value is -4.18. The number of carboxylic acid groups (broad SMARTS) is 1. The zero-order chi connectivity index (χ0) is 32.8. The van der Waals surface area contributed by atoms with E-state index in [1.165, 1.54) is 6.07 Å². The molecule has 2 fully saturated rings. The molecule has 2 aliphatic heterocycles. The number of piperidine rings is 1. The fraction of sp³-hybridized carbons (Fsp3) is 0.472. The number of pyridine rings is 1. The predicted molar refractivity (Wildman–Crippen MR) is 172 cm³/mol. The van der Waals surface area contributed by atoms with Gasteiger partial charge in [-0.25, -0.2) is 14.2 Å². The largest absolute Gasteiger partial charge is 0.488 e. The number of methoxy groups -OCH3 is 1. The first-order valence-corrected chi connectivity index (χ1v) is 15.9. The summed E-state index contributed by atoms with van der Waals surface area (Å²) in [7, 11) is 1.60. The minimum atomic E-state index is -0.789. The van der Waals surface area contributed by atoms with Gasteiger partial charge < -0.3 is 29.1 Å². The molecule has 0 bridgehead atoms. The Bertz CT molecular complexity index is 1660. The Labute approximate surface area is 269 Å². The summed E-state index contributed by atoms with van der Waals surface area (Å²) in [6.45, 7) is 9.39. The van der Waals surface area contributed by atoms with Crippen LogP contribution >= 0.6 is 0 Å². The molecular formula is C36H42FN3O6. The number of carboxylic acids is 1. The van der Waals surface area contributed by atoms with Crippen molar-refractivity contribution < 1.29 is 33.3 Å². The number of hydrogen-bond acceptors (Lipinski definition) is 7.